The van der Waals surface area contributed by atoms with Crippen LogP contribution in [0.25, 0.3) is 0 Å². The SMILES string of the molecule is O=[N+]([O-])c1c(Oc2ccccc2Br)cccc1Oc1ccccc1Br. The van der Waals surface area contributed by atoms with Gasteiger partial charge in [0, 0.05) is 0 Å². The highest BCUT2D eigenvalue weighted by Crippen LogP contribution is 2.43. The van der Waals surface area contributed by atoms with Gasteiger partial charge >= 0.3 is 5.69 Å². The summed E-state index contributed by atoms with van der Waals surface area (Å²) in [5.41, 5.74) is -0.242. The first-order chi connectivity index (χ1) is 12.1. The van der Waals surface area contributed by atoms with E-state index >= 15 is 0 Å². The minimum atomic E-state index is -0.516. The van der Waals surface area contributed by atoms with Gasteiger partial charge in [-0.15, -0.1) is 0 Å². The smallest absolute Gasteiger partial charge is 0.353 e. The van der Waals surface area contributed by atoms with Crippen molar-refractivity contribution in [2.75, 3.05) is 0 Å². The van der Waals surface area contributed by atoms with Crippen LogP contribution in [-0.4, -0.2) is 4.92 Å². The van der Waals surface area contributed by atoms with Gasteiger partial charge in [0.2, 0.25) is 11.5 Å². The topological polar surface area (TPSA) is 61.6 Å². The zero-order valence-corrected chi connectivity index (χ0v) is 15.9. The van der Waals surface area contributed by atoms with E-state index in [0.29, 0.717) is 20.4 Å². The zero-order valence-electron chi connectivity index (χ0n) is 12.7. The third kappa shape index (κ3) is 4.00. The summed E-state index contributed by atoms with van der Waals surface area (Å²) < 4.78 is 12.9. The largest absolute Gasteiger partial charge is 0.449 e. The predicted octanol–water partition coefficient (Wildman–Crippen LogP) is 6.70. The fraction of sp³-hybridized carbons (Fsp3) is 0. The highest BCUT2D eigenvalue weighted by atomic mass is 79.9. The van der Waals surface area contributed by atoms with Crippen LogP contribution in [0.3, 0.4) is 0 Å². The lowest BCUT2D eigenvalue weighted by Gasteiger charge is -2.12. The highest BCUT2D eigenvalue weighted by molar-refractivity contribution is 9.10. The molecule has 126 valence electrons. The molecule has 0 heterocycles. The van der Waals surface area contributed by atoms with Crippen molar-refractivity contribution in [3.05, 3.63) is 85.8 Å². The second-order valence-electron chi connectivity index (χ2n) is 4.92. The number of nitrogens with zero attached hydrogens (tertiary/aromatic N) is 1. The quantitative estimate of drug-likeness (QED) is 0.311. The second kappa shape index (κ2) is 7.67. The molecule has 0 bridgehead atoms. The lowest BCUT2D eigenvalue weighted by atomic mass is 10.2. The lowest BCUT2D eigenvalue weighted by Crippen LogP contribution is -1.97. The first-order valence-corrected chi connectivity index (χ1v) is 8.77. The molecule has 7 heteroatoms. The van der Waals surface area contributed by atoms with Crippen LogP contribution in [0.1, 0.15) is 0 Å². The molecule has 3 aromatic rings. The van der Waals surface area contributed by atoms with Crippen molar-refractivity contribution >= 4 is 37.5 Å². The van der Waals surface area contributed by atoms with Gasteiger partial charge in [0.15, 0.2) is 0 Å². The fourth-order valence-electron chi connectivity index (χ4n) is 2.14. The van der Waals surface area contributed by atoms with Crippen LogP contribution in [-0.2, 0) is 0 Å². The Labute approximate surface area is 160 Å². The molecule has 0 aliphatic rings. The van der Waals surface area contributed by atoms with E-state index in [2.05, 4.69) is 31.9 Å². The Balaban J connectivity index is 2.02. The molecule has 0 saturated carbocycles. The zero-order chi connectivity index (χ0) is 17.8. The van der Waals surface area contributed by atoms with Crippen molar-refractivity contribution in [1.29, 1.82) is 0 Å². The van der Waals surface area contributed by atoms with E-state index in [9.17, 15) is 10.1 Å². The summed E-state index contributed by atoms with van der Waals surface area (Å²) in [6, 6.07) is 19.0. The number of rotatable bonds is 5. The van der Waals surface area contributed by atoms with Crippen LogP contribution in [0.5, 0.6) is 23.0 Å². The van der Waals surface area contributed by atoms with Gasteiger partial charge in [-0.1, -0.05) is 30.3 Å². The Hall–Kier alpha value is -2.38. The number of hydrogen-bond donors (Lipinski definition) is 0. The molecule has 0 aliphatic carbocycles. The summed E-state index contributed by atoms with van der Waals surface area (Å²) in [7, 11) is 0. The molecular formula is C18H11Br2NO4. The van der Waals surface area contributed by atoms with Crippen LogP contribution in [0.2, 0.25) is 0 Å². The molecule has 0 radical (unpaired) electrons. The number of hydrogen-bond acceptors (Lipinski definition) is 4. The number of ether oxygens (including phenoxy) is 2. The Morgan fingerprint density at radius 1 is 0.680 bits per heavy atom. The average Bonchev–Trinajstić information content (AvgIpc) is 2.59. The first-order valence-electron chi connectivity index (χ1n) is 7.18. The van der Waals surface area contributed by atoms with E-state index in [4.69, 9.17) is 9.47 Å². The molecule has 3 rings (SSSR count). The fourth-order valence-corrected chi connectivity index (χ4v) is 2.87. The Morgan fingerprint density at radius 3 is 1.48 bits per heavy atom. The maximum absolute atomic E-state index is 11.6. The minimum absolute atomic E-state index is 0.0986. The number of halogens is 2. The summed E-state index contributed by atoms with van der Waals surface area (Å²) in [4.78, 5) is 11.1. The molecule has 0 spiro atoms. The Kier molecular flexibility index (Phi) is 5.35. The molecule has 0 fully saturated rings. The first kappa shape index (κ1) is 17.4. The van der Waals surface area contributed by atoms with E-state index < -0.39 is 4.92 Å². The van der Waals surface area contributed by atoms with Crippen LogP contribution < -0.4 is 9.47 Å². The van der Waals surface area contributed by atoms with Crippen molar-refractivity contribution in [2.45, 2.75) is 0 Å². The maximum Gasteiger partial charge on any atom is 0.353 e. The Morgan fingerprint density at radius 2 is 1.08 bits per heavy atom. The van der Waals surface area contributed by atoms with Gasteiger partial charge < -0.3 is 9.47 Å². The minimum Gasteiger partial charge on any atom is -0.449 e. The van der Waals surface area contributed by atoms with E-state index in [1.807, 2.05) is 12.1 Å². The molecule has 0 unspecified atom stereocenters. The van der Waals surface area contributed by atoms with Crippen molar-refractivity contribution in [3.8, 4) is 23.0 Å². The molecular weight excluding hydrogens is 454 g/mol. The van der Waals surface area contributed by atoms with Crippen LogP contribution in [0, 0.1) is 10.1 Å². The summed E-state index contributed by atoms with van der Waals surface area (Å²) in [5.74, 6) is 1.15. The van der Waals surface area contributed by atoms with Crippen molar-refractivity contribution in [2.24, 2.45) is 0 Å². The van der Waals surface area contributed by atoms with Gasteiger partial charge in [-0.3, -0.25) is 10.1 Å². The van der Waals surface area contributed by atoms with Gasteiger partial charge in [-0.05, 0) is 68.3 Å². The number of nitro groups is 1. The van der Waals surface area contributed by atoms with Gasteiger partial charge in [0.1, 0.15) is 11.5 Å². The van der Waals surface area contributed by atoms with Crippen molar-refractivity contribution < 1.29 is 14.4 Å². The molecule has 3 aromatic carbocycles. The summed E-state index contributed by atoms with van der Waals surface area (Å²) in [5, 5.41) is 11.6. The van der Waals surface area contributed by atoms with Crippen molar-refractivity contribution in [1.82, 2.24) is 0 Å². The monoisotopic (exact) mass is 463 g/mol. The predicted molar refractivity (Wildman–Crippen MR) is 102 cm³/mol. The molecule has 0 aliphatic heterocycles. The third-order valence-corrected chi connectivity index (χ3v) is 4.57. The molecule has 0 saturated heterocycles. The standard InChI is InChI=1S/C18H11Br2NO4/c19-12-6-1-3-8-14(12)24-16-10-5-11-17(18(16)21(22)23)25-15-9-4-2-7-13(15)20/h1-11H. The van der Waals surface area contributed by atoms with Gasteiger partial charge in [-0.25, -0.2) is 0 Å². The van der Waals surface area contributed by atoms with Crippen LogP contribution in [0.4, 0.5) is 5.69 Å². The van der Waals surface area contributed by atoms with Crippen LogP contribution >= 0.6 is 31.9 Å². The van der Waals surface area contributed by atoms with Crippen LogP contribution in [0.15, 0.2) is 75.7 Å². The van der Waals surface area contributed by atoms with E-state index in [1.54, 1.807) is 42.5 Å². The van der Waals surface area contributed by atoms with Crippen molar-refractivity contribution in [3.63, 3.8) is 0 Å². The van der Waals surface area contributed by atoms with E-state index in [1.165, 1.54) is 12.1 Å². The van der Waals surface area contributed by atoms with E-state index in [0.717, 1.165) is 0 Å². The second-order valence-corrected chi connectivity index (χ2v) is 6.63. The Bertz CT molecular complexity index is 865. The molecule has 5 nitrogen and oxygen atoms in total. The molecule has 0 N–H and O–H groups in total. The molecule has 0 aromatic heterocycles. The molecule has 0 amide bonds. The van der Waals surface area contributed by atoms with Gasteiger partial charge in [0.25, 0.3) is 0 Å². The summed E-state index contributed by atoms with van der Waals surface area (Å²) >= 11 is 6.73. The highest BCUT2D eigenvalue weighted by Gasteiger charge is 2.24. The molecule has 0 atom stereocenters. The number of para-hydroxylation sites is 3. The summed E-state index contributed by atoms with van der Waals surface area (Å²) in [6.07, 6.45) is 0. The normalized spacial score (nSPS) is 10.3. The third-order valence-electron chi connectivity index (χ3n) is 3.26. The number of nitro benzene ring substituents is 1. The summed E-state index contributed by atoms with van der Waals surface area (Å²) in [6.45, 7) is 0. The van der Waals surface area contributed by atoms with Gasteiger partial charge in [0.05, 0.1) is 13.9 Å². The lowest BCUT2D eigenvalue weighted by molar-refractivity contribution is -0.386. The number of benzene rings is 3. The average molecular weight is 465 g/mol. The molecule has 25 heavy (non-hydrogen) atoms. The maximum atomic E-state index is 11.6. The van der Waals surface area contributed by atoms with Gasteiger partial charge in [-0.2, -0.15) is 0 Å². The van der Waals surface area contributed by atoms with E-state index in [-0.39, 0.29) is 17.2 Å².